The van der Waals surface area contributed by atoms with Crippen molar-refractivity contribution in [3.8, 4) is 22.9 Å². The minimum absolute atomic E-state index is 0.0697. The van der Waals surface area contributed by atoms with Crippen molar-refractivity contribution in [2.24, 2.45) is 5.73 Å². The molecule has 0 spiro atoms. The van der Waals surface area contributed by atoms with E-state index in [0.29, 0.717) is 28.0 Å². The van der Waals surface area contributed by atoms with Gasteiger partial charge in [-0.1, -0.05) is 12.1 Å². The van der Waals surface area contributed by atoms with Crippen LogP contribution in [0.25, 0.3) is 11.1 Å². The smallest absolute Gasteiger partial charge is 0.416 e. The van der Waals surface area contributed by atoms with E-state index in [1.54, 1.807) is 18.2 Å². The molecule has 26 heavy (non-hydrogen) atoms. The number of carbonyl (C=O) groups is 1. The first-order valence-electron chi connectivity index (χ1n) is 7.79. The van der Waals surface area contributed by atoms with Gasteiger partial charge < -0.3 is 10.5 Å². The maximum atomic E-state index is 13.1. The average molecular weight is 362 g/mol. The first-order valence-corrected chi connectivity index (χ1v) is 7.79. The summed E-state index contributed by atoms with van der Waals surface area (Å²) in [7, 11) is 1.45. The molecule has 7 heteroatoms. The van der Waals surface area contributed by atoms with Crippen molar-refractivity contribution in [1.29, 1.82) is 5.26 Å². The second-order valence-electron chi connectivity index (χ2n) is 5.71. The Bertz CT molecular complexity index is 855. The first kappa shape index (κ1) is 19.3. The quantitative estimate of drug-likeness (QED) is 0.848. The summed E-state index contributed by atoms with van der Waals surface area (Å²) in [5.74, 6) is -0.134. The minimum Gasteiger partial charge on any atom is -0.496 e. The molecule has 2 aromatic carbocycles. The Morgan fingerprint density at radius 3 is 2.50 bits per heavy atom. The van der Waals surface area contributed by atoms with Gasteiger partial charge in [0.2, 0.25) is 5.91 Å². The molecule has 0 aromatic heterocycles. The molecule has 4 nitrogen and oxygen atoms in total. The van der Waals surface area contributed by atoms with E-state index in [4.69, 9.17) is 15.7 Å². The molecular weight excluding hydrogens is 345 g/mol. The van der Waals surface area contributed by atoms with Crippen molar-refractivity contribution in [1.82, 2.24) is 0 Å². The Morgan fingerprint density at radius 1 is 1.19 bits per heavy atom. The number of methoxy groups -OCH3 is 1. The molecule has 0 atom stereocenters. The number of hydrogen-bond acceptors (Lipinski definition) is 3. The lowest BCUT2D eigenvalue weighted by molar-refractivity contribution is -0.137. The number of alkyl halides is 3. The molecule has 0 bridgehead atoms. The molecule has 0 radical (unpaired) electrons. The molecule has 0 saturated heterocycles. The number of nitrogens with two attached hydrogens (primary N) is 1. The van der Waals surface area contributed by atoms with Crippen LogP contribution in [-0.4, -0.2) is 13.0 Å². The van der Waals surface area contributed by atoms with E-state index in [0.717, 1.165) is 12.1 Å². The summed E-state index contributed by atoms with van der Waals surface area (Å²) in [4.78, 5) is 11.1. The van der Waals surface area contributed by atoms with Crippen molar-refractivity contribution < 1.29 is 22.7 Å². The maximum Gasteiger partial charge on any atom is 0.416 e. The SMILES string of the molecule is COc1ccc(CC#N)cc1-c1ccc(C(F)(F)F)cc1CCC(N)=O. The van der Waals surface area contributed by atoms with Crippen LogP contribution in [0, 0.1) is 11.3 Å². The van der Waals surface area contributed by atoms with Crippen LogP contribution >= 0.6 is 0 Å². The van der Waals surface area contributed by atoms with Gasteiger partial charge in [0, 0.05) is 12.0 Å². The van der Waals surface area contributed by atoms with Gasteiger partial charge in [-0.2, -0.15) is 18.4 Å². The standard InChI is InChI=1S/C19H17F3N2O2/c1-26-17-6-2-12(8-9-23)10-16(17)15-5-4-14(19(20,21)22)11-13(15)3-7-18(24)25/h2,4-6,10-11H,3,7-8H2,1H3,(H2,24,25). The Kier molecular flexibility index (Phi) is 5.88. The molecule has 1 amide bonds. The highest BCUT2D eigenvalue weighted by Gasteiger charge is 2.31. The highest BCUT2D eigenvalue weighted by Crippen LogP contribution is 2.37. The molecule has 2 aromatic rings. The normalized spacial score (nSPS) is 11.0. The van der Waals surface area contributed by atoms with Crippen LogP contribution in [0.4, 0.5) is 13.2 Å². The Hall–Kier alpha value is -3.01. The molecule has 0 aliphatic heterocycles. The number of carbonyl (C=O) groups excluding carboxylic acids is 1. The molecule has 2 N–H and O–H groups in total. The van der Waals surface area contributed by atoms with Gasteiger partial charge in [-0.25, -0.2) is 0 Å². The maximum absolute atomic E-state index is 13.1. The van der Waals surface area contributed by atoms with Crippen molar-refractivity contribution in [3.63, 3.8) is 0 Å². The monoisotopic (exact) mass is 362 g/mol. The molecule has 0 aliphatic rings. The van der Waals surface area contributed by atoms with Crippen LogP contribution in [0.15, 0.2) is 36.4 Å². The van der Waals surface area contributed by atoms with Gasteiger partial charge in [0.05, 0.1) is 25.2 Å². The van der Waals surface area contributed by atoms with Crippen molar-refractivity contribution in [3.05, 3.63) is 53.1 Å². The lowest BCUT2D eigenvalue weighted by atomic mass is 9.92. The van der Waals surface area contributed by atoms with E-state index in [2.05, 4.69) is 0 Å². The van der Waals surface area contributed by atoms with Crippen LogP contribution in [0.5, 0.6) is 5.75 Å². The van der Waals surface area contributed by atoms with Gasteiger partial charge in [0.1, 0.15) is 5.75 Å². The number of aryl methyl sites for hydroxylation is 1. The summed E-state index contributed by atoms with van der Waals surface area (Å²) in [6.45, 7) is 0. The summed E-state index contributed by atoms with van der Waals surface area (Å²) in [5.41, 5.74) is 6.48. The average Bonchev–Trinajstić information content (AvgIpc) is 2.59. The van der Waals surface area contributed by atoms with Crippen LogP contribution < -0.4 is 10.5 Å². The summed E-state index contributed by atoms with van der Waals surface area (Å²) in [5, 5.41) is 8.88. The zero-order valence-electron chi connectivity index (χ0n) is 14.1. The number of halogens is 3. The first-order chi connectivity index (χ1) is 12.3. The molecule has 2 rings (SSSR count). The van der Waals surface area contributed by atoms with E-state index in [-0.39, 0.29) is 19.3 Å². The molecule has 0 aliphatic carbocycles. The summed E-state index contributed by atoms with van der Waals surface area (Å²) >= 11 is 0. The van der Waals surface area contributed by atoms with Crippen molar-refractivity contribution >= 4 is 5.91 Å². The topological polar surface area (TPSA) is 76.1 Å². The largest absolute Gasteiger partial charge is 0.496 e. The number of benzene rings is 2. The van der Waals surface area contributed by atoms with E-state index < -0.39 is 17.6 Å². The van der Waals surface area contributed by atoms with Crippen LogP contribution in [-0.2, 0) is 23.8 Å². The van der Waals surface area contributed by atoms with E-state index in [1.165, 1.54) is 13.2 Å². The van der Waals surface area contributed by atoms with Crippen molar-refractivity contribution in [2.45, 2.75) is 25.4 Å². The highest BCUT2D eigenvalue weighted by molar-refractivity contribution is 5.77. The molecule has 0 unspecified atom stereocenters. The predicted molar refractivity (Wildman–Crippen MR) is 90.3 cm³/mol. The fourth-order valence-electron chi connectivity index (χ4n) is 2.66. The number of primary amides is 1. The number of rotatable bonds is 6. The number of hydrogen-bond donors (Lipinski definition) is 1. The number of nitriles is 1. The van der Waals surface area contributed by atoms with Gasteiger partial charge >= 0.3 is 6.18 Å². The third-order valence-corrected chi connectivity index (χ3v) is 3.91. The van der Waals surface area contributed by atoms with Gasteiger partial charge in [0.25, 0.3) is 0 Å². The van der Waals surface area contributed by atoms with Gasteiger partial charge in [-0.3, -0.25) is 4.79 Å². The number of amides is 1. The molecular formula is C19H17F3N2O2. The molecule has 136 valence electrons. The Labute approximate surface area is 149 Å². The van der Waals surface area contributed by atoms with Crippen LogP contribution in [0.3, 0.4) is 0 Å². The lowest BCUT2D eigenvalue weighted by Gasteiger charge is -2.16. The number of nitrogens with zero attached hydrogens (tertiary/aromatic N) is 1. The fraction of sp³-hybridized carbons (Fsp3) is 0.263. The highest BCUT2D eigenvalue weighted by atomic mass is 19.4. The van der Waals surface area contributed by atoms with Gasteiger partial charge in [0.15, 0.2) is 0 Å². The van der Waals surface area contributed by atoms with Gasteiger partial charge in [-0.15, -0.1) is 0 Å². The van der Waals surface area contributed by atoms with E-state index in [9.17, 15) is 18.0 Å². The predicted octanol–water partition coefficient (Wildman–Crippen LogP) is 3.86. The fourth-order valence-corrected chi connectivity index (χ4v) is 2.66. The molecule has 0 heterocycles. The zero-order valence-corrected chi connectivity index (χ0v) is 14.1. The molecule has 0 fully saturated rings. The summed E-state index contributed by atoms with van der Waals surface area (Å²) in [6, 6.07) is 10.5. The Morgan fingerprint density at radius 2 is 1.92 bits per heavy atom. The molecule has 0 saturated carbocycles. The van der Waals surface area contributed by atoms with E-state index in [1.807, 2.05) is 6.07 Å². The minimum atomic E-state index is -4.49. The summed E-state index contributed by atoms with van der Waals surface area (Å²) in [6.07, 6.45) is -4.34. The zero-order chi connectivity index (χ0) is 19.3. The summed E-state index contributed by atoms with van der Waals surface area (Å²) < 4.78 is 44.5. The van der Waals surface area contributed by atoms with Crippen LogP contribution in [0.2, 0.25) is 0 Å². The van der Waals surface area contributed by atoms with Gasteiger partial charge in [-0.05, 0) is 47.4 Å². The second-order valence-corrected chi connectivity index (χ2v) is 5.71. The Balaban J connectivity index is 2.62. The van der Waals surface area contributed by atoms with E-state index >= 15 is 0 Å². The number of ether oxygens (including phenoxy) is 1. The lowest BCUT2D eigenvalue weighted by Crippen LogP contribution is -2.12. The second kappa shape index (κ2) is 7.91. The third kappa shape index (κ3) is 4.54. The van der Waals surface area contributed by atoms with Crippen molar-refractivity contribution in [2.75, 3.05) is 7.11 Å². The third-order valence-electron chi connectivity index (χ3n) is 3.91. The van der Waals surface area contributed by atoms with Crippen LogP contribution in [0.1, 0.15) is 23.1 Å².